The number of nitriles is 1. The van der Waals surface area contributed by atoms with E-state index < -0.39 is 13.9 Å². The number of methoxy groups -OCH3 is 1. The van der Waals surface area contributed by atoms with Crippen LogP contribution in [-0.2, 0) is 10.0 Å². The zero-order valence-corrected chi connectivity index (χ0v) is 12.8. The Kier molecular flexibility index (Phi) is 4.55. The largest absolute Gasteiger partial charge is 0.497 e. The van der Waals surface area contributed by atoms with Crippen molar-refractivity contribution >= 4 is 8.32 Å². The van der Waals surface area contributed by atoms with E-state index in [2.05, 4.69) is 25.7 Å². The molecule has 0 N–H and O–H groups in total. The van der Waals surface area contributed by atoms with Gasteiger partial charge in [-0.15, -0.1) is 0 Å². The molecule has 0 bridgehead atoms. The number of nitrogens with zero attached hydrogens (tertiary/aromatic N) is 1. The molecule has 1 rings (SSSR count). The molecule has 18 heavy (non-hydrogen) atoms. The van der Waals surface area contributed by atoms with Crippen LogP contribution in [0.1, 0.15) is 18.9 Å². The minimum atomic E-state index is -1.79. The molecule has 3 nitrogen and oxygen atoms in total. The Morgan fingerprint density at radius 2 is 1.78 bits per heavy atom. The van der Waals surface area contributed by atoms with Gasteiger partial charge in [-0.05, 0) is 43.8 Å². The van der Waals surface area contributed by atoms with Crippen molar-refractivity contribution in [3.05, 3.63) is 29.8 Å². The van der Waals surface area contributed by atoms with Crippen LogP contribution >= 0.6 is 0 Å². The molecule has 0 aromatic heterocycles. The SMILES string of the molecule is CC[C@@](C#N)(O[Si](C)(C)C)c1ccc(OC)cc1. The number of rotatable bonds is 5. The van der Waals surface area contributed by atoms with E-state index in [-0.39, 0.29) is 0 Å². The highest BCUT2D eigenvalue weighted by molar-refractivity contribution is 6.69. The van der Waals surface area contributed by atoms with Crippen molar-refractivity contribution in [3.8, 4) is 11.8 Å². The van der Waals surface area contributed by atoms with Gasteiger partial charge in [-0.3, -0.25) is 0 Å². The van der Waals surface area contributed by atoms with Crippen LogP contribution in [0, 0.1) is 11.3 Å². The maximum absolute atomic E-state index is 9.54. The van der Waals surface area contributed by atoms with Gasteiger partial charge in [0.15, 0.2) is 13.9 Å². The van der Waals surface area contributed by atoms with Crippen molar-refractivity contribution in [2.75, 3.05) is 7.11 Å². The summed E-state index contributed by atoms with van der Waals surface area (Å²) in [6.45, 7) is 8.27. The fourth-order valence-electron chi connectivity index (χ4n) is 1.88. The second-order valence-electron chi connectivity index (χ2n) is 5.24. The number of hydrogen-bond acceptors (Lipinski definition) is 3. The van der Waals surface area contributed by atoms with Gasteiger partial charge in [-0.2, -0.15) is 5.26 Å². The van der Waals surface area contributed by atoms with Crippen LogP contribution in [0.15, 0.2) is 24.3 Å². The number of hydrogen-bond donors (Lipinski definition) is 0. The van der Waals surface area contributed by atoms with E-state index in [4.69, 9.17) is 9.16 Å². The zero-order chi connectivity index (χ0) is 13.8. The Morgan fingerprint density at radius 1 is 1.22 bits per heavy atom. The highest BCUT2D eigenvalue weighted by Gasteiger charge is 2.36. The minimum Gasteiger partial charge on any atom is -0.497 e. The summed E-state index contributed by atoms with van der Waals surface area (Å²) >= 11 is 0. The molecule has 4 heteroatoms. The van der Waals surface area contributed by atoms with Gasteiger partial charge in [-0.1, -0.05) is 19.1 Å². The lowest BCUT2D eigenvalue weighted by molar-refractivity contribution is 0.114. The van der Waals surface area contributed by atoms with E-state index in [1.165, 1.54) is 0 Å². The average molecular weight is 263 g/mol. The summed E-state index contributed by atoms with van der Waals surface area (Å²) in [4.78, 5) is 0. The van der Waals surface area contributed by atoms with Crippen LogP contribution in [0.25, 0.3) is 0 Å². The maximum atomic E-state index is 9.54. The van der Waals surface area contributed by atoms with Gasteiger partial charge in [0.2, 0.25) is 0 Å². The first-order valence-electron chi connectivity index (χ1n) is 6.13. The van der Waals surface area contributed by atoms with E-state index in [0.29, 0.717) is 6.42 Å². The number of ether oxygens (including phenoxy) is 1. The van der Waals surface area contributed by atoms with Crippen molar-refractivity contribution in [2.45, 2.75) is 38.6 Å². The Hall–Kier alpha value is -1.31. The Labute approximate surface area is 110 Å². The predicted octanol–water partition coefficient (Wildman–Crippen LogP) is 3.68. The van der Waals surface area contributed by atoms with Gasteiger partial charge >= 0.3 is 0 Å². The Bertz CT molecular complexity index is 431. The molecule has 0 amide bonds. The highest BCUT2D eigenvalue weighted by Crippen LogP contribution is 2.33. The van der Waals surface area contributed by atoms with Crippen molar-refractivity contribution in [1.82, 2.24) is 0 Å². The topological polar surface area (TPSA) is 42.2 Å². The molecule has 0 aliphatic heterocycles. The van der Waals surface area contributed by atoms with Crippen LogP contribution in [0.5, 0.6) is 5.75 Å². The number of benzene rings is 1. The minimum absolute atomic E-state index is 0.639. The third-order valence-electron chi connectivity index (χ3n) is 2.72. The standard InChI is InChI=1S/C14H21NO2Si/c1-6-14(11-15,17-18(3,4)5)12-7-9-13(16-2)10-8-12/h7-10H,6H2,1-5H3/t14-/m0/s1. The summed E-state index contributed by atoms with van der Waals surface area (Å²) in [5.74, 6) is 0.787. The second kappa shape index (κ2) is 5.55. The van der Waals surface area contributed by atoms with E-state index in [1.54, 1.807) is 7.11 Å². The van der Waals surface area contributed by atoms with E-state index in [1.807, 2.05) is 31.2 Å². The summed E-state index contributed by atoms with van der Waals surface area (Å²) in [5, 5.41) is 9.54. The van der Waals surface area contributed by atoms with E-state index >= 15 is 0 Å². The van der Waals surface area contributed by atoms with E-state index in [9.17, 15) is 5.26 Å². The summed E-state index contributed by atoms with van der Waals surface area (Å²) in [6, 6.07) is 9.90. The molecule has 0 saturated carbocycles. The molecular formula is C14H21NO2Si. The van der Waals surface area contributed by atoms with Crippen LogP contribution in [-0.4, -0.2) is 15.4 Å². The fraction of sp³-hybridized carbons (Fsp3) is 0.500. The van der Waals surface area contributed by atoms with Gasteiger partial charge in [0.25, 0.3) is 0 Å². The molecular weight excluding hydrogens is 242 g/mol. The van der Waals surface area contributed by atoms with Crippen LogP contribution in [0.4, 0.5) is 0 Å². The summed E-state index contributed by atoms with van der Waals surface area (Å²) in [7, 11) is -0.163. The molecule has 98 valence electrons. The molecule has 0 heterocycles. The van der Waals surface area contributed by atoms with Crippen molar-refractivity contribution in [3.63, 3.8) is 0 Å². The van der Waals surface area contributed by atoms with Crippen molar-refractivity contribution in [2.24, 2.45) is 0 Å². The lowest BCUT2D eigenvalue weighted by atomic mass is 9.93. The summed E-state index contributed by atoms with van der Waals surface area (Å²) in [6.07, 6.45) is 0.639. The molecule has 0 unspecified atom stereocenters. The molecule has 1 aromatic rings. The molecule has 1 aromatic carbocycles. The summed E-state index contributed by atoms with van der Waals surface area (Å²) in [5.41, 5.74) is 0.0623. The van der Waals surface area contributed by atoms with Gasteiger partial charge in [0, 0.05) is 0 Å². The van der Waals surface area contributed by atoms with Gasteiger partial charge < -0.3 is 9.16 Å². The van der Waals surface area contributed by atoms with Crippen LogP contribution < -0.4 is 4.74 Å². The quantitative estimate of drug-likeness (QED) is 0.761. The first-order valence-corrected chi connectivity index (χ1v) is 9.53. The molecule has 0 spiro atoms. The first-order chi connectivity index (χ1) is 8.37. The third kappa shape index (κ3) is 3.34. The Balaban J connectivity index is 3.14. The first kappa shape index (κ1) is 14.7. The fourth-order valence-corrected chi connectivity index (χ4v) is 3.24. The van der Waals surface area contributed by atoms with Crippen LogP contribution in [0.3, 0.4) is 0 Å². The predicted molar refractivity (Wildman–Crippen MR) is 75.0 cm³/mol. The molecule has 1 atom stereocenters. The normalized spacial score (nSPS) is 14.7. The smallest absolute Gasteiger partial charge is 0.186 e. The van der Waals surface area contributed by atoms with Gasteiger partial charge in [0.1, 0.15) is 11.8 Å². The summed E-state index contributed by atoms with van der Waals surface area (Å²) < 4.78 is 11.3. The molecule has 0 radical (unpaired) electrons. The van der Waals surface area contributed by atoms with Gasteiger partial charge in [0.05, 0.1) is 7.11 Å². The Morgan fingerprint density at radius 3 is 2.11 bits per heavy atom. The van der Waals surface area contributed by atoms with E-state index in [0.717, 1.165) is 11.3 Å². The maximum Gasteiger partial charge on any atom is 0.186 e. The highest BCUT2D eigenvalue weighted by atomic mass is 28.4. The van der Waals surface area contributed by atoms with Crippen molar-refractivity contribution < 1.29 is 9.16 Å². The molecule has 0 aliphatic carbocycles. The second-order valence-corrected chi connectivity index (χ2v) is 9.66. The lowest BCUT2D eigenvalue weighted by Gasteiger charge is -2.33. The average Bonchev–Trinajstić information content (AvgIpc) is 2.35. The third-order valence-corrected chi connectivity index (χ3v) is 3.68. The molecule has 0 aliphatic rings. The van der Waals surface area contributed by atoms with Gasteiger partial charge in [-0.25, -0.2) is 0 Å². The van der Waals surface area contributed by atoms with Crippen molar-refractivity contribution in [1.29, 1.82) is 5.26 Å². The zero-order valence-electron chi connectivity index (χ0n) is 11.8. The molecule has 0 fully saturated rings. The lowest BCUT2D eigenvalue weighted by Crippen LogP contribution is -2.39. The monoisotopic (exact) mass is 263 g/mol. The van der Waals surface area contributed by atoms with Crippen LogP contribution in [0.2, 0.25) is 19.6 Å². The molecule has 0 saturated heterocycles.